The summed E-state index contributed by atoms with van der Waals surface area (Å²) in [6.07, 6.45) is 8.46. The lowest BCUT2D eigenvalue weighted by atomic mass is 9.93. The average Bonchev–Trinajstić information content (AvgIpc) is 3.49. The van der Waals surface area contributed by atoms with E-state index in [1.807, 2.05) is 12.1 Å². The first-order valence-electron chi connectivity index (χ1n) is 25.0. The minimum absolute atomic E-state index is 0.853. The highest BCUT2D eigenvalue weighted by atomic mass is 14.8. The third-order valence-electron chi connectivity index (χ3n) is 13.9. The molecule has 346 valence electrons. The fourth-order valence-corrected chi connectivity index (χ4v) is 10.2. The van der Waals surface area contributed by atoms with Crippen molar-refractivity contribution in [2.75, 3.05) is 0 Å². The van der Waals surface area contributed by atoms with Gasteiger partial charge in [-0.15, -0.1) is 0 Å². The van der Waals surface area contributed by atoms with Crippen LogP contribution >= 0.6 is 0 Å². The van der Waals surface area contributed by atoms with Gasteiger partial charge in [0.05, 0.1) is 44.8 Å². The molecule has 0 atom stereocenters. The van der Waals surface area contributed by atoms with Crippen LogP contribution in [-0.2, 0) is 0 Å². The zero-order chi connectivity index (χ0) is 49.2. The van der Waals surface area contributed by atoms with Gasteiger partial charge in [0, 0.05) is 32.7 Å². The standard InChI is InChI=1S/C70H46N4/c1-7-19-47(20-8-1)31-37-55-43-61(49-23-11-3-12-24-49)57-39-41-59-63(51-27-15-5-16-28-51)45-65(73-69(59)67(57)71-55)53-33-35-54(36-34-53)66-46-64(52-29-17-6-18-30-52)60-42-40-58-62(50-25-13-4-14-26-50)44-56(72-68(58)70(60)74-66)38-32-48-21-9-2-10-22-48/h1-46H. The van der Waals surface area contributed by atoms with Gasteiger partial charge in [0.2, 0.25) is 0 Å². The molecule has 0 aliphatic carbocycles. The van der Waals surface area contributed by atoms with Gasteiger partial charge in [0.1, 0.15) is 0 Å². The maximum atomic E-state index is 5.55. The van der Waals surface area contributed by atoms with Crippen LogP contribution in [0.4, 0.5) is 0 Å². The lowest BCUT2D eigenvalue weighted by molar-refractivity contribution is 1.34. The third kappa shape index (κ3) is 8.61. The first kappa shape index (κ1) is 44.1. The van der Waals surface area contributed by atoms with Crippen LogP contribution in [-0.4, -0.2) is 19.9 Å². The molecule has 4 nitrogen and oxygen atoms in total. The molecule has 0 N–H and O–H groups in total. The molecule has 4 heteroatoms. The Labute approximate surface area is 430 Å². The highest BCUT2D eigenvalue weighted by molar-refractivity contribution is 6.14. The van der Waals surface area contributed by atoms with Crippen molar-refractivity contribution in [3.63, 3.8) is 0 Å². The van der Waals surface area contributed by atoms with Crippen LogP contribution in [0.3, 0.4) is 0 Å². The van der Waals surface area contributed by atoms with Crippen molar-refractivity contribution in [2.45, 2.75) is 0 Å². The predicted octanol–water partition coefficient (Wildman–Crippen LogP) is 18.2. The Balaban J connectivity index is 0.986. The van der Waals surface area contributed by atoms with Gasteiger partial charge < -0.3 is 0 Å². The summed E-state index contributed by atoms with van der Waals surface area (Å²) in [5, 5.41) is 4.19. The van der Waals surface area contributed by atoms with E-state index in [1.165, 1.54) is 0 Å². The Morgan fingerprint density at radius 3 is 0.797 bits per heavy atom. The van der Waals surface area contributed by atoms with E-state index in [-0.39, 0.29) is 0 Å². The van der Waals surface area contributed by atoms with Gasteiger partial charge in [-0.3, -0.25) is 0 Å². The van der Waals surface area contributed by atoms with E-state index in [2.05, 4.69) is 267 Å². The molecule has 74 heavy (non-hydrogen) atoms. The predicted molar refractivity (Wildman–Crippen MR) is 311 cm³/mol. The molecule has 0 amide bonds. The molecule has 0 saturated heterocycles. The molecule has 0 radical (unpaired) electrons. The Morgan fingerprint density at radius 1 is 0.216 bits per heavy atom. The van der Waals surface area contributed by atoms with Crippen molar-refractivity contribution in [3.8, 4) is 67.0 Å². The zero-order valence-electron chi connectivity index (χ0n) is 40.3. The quantitative estimate of drug-likeness (QED) is 0.128. The molecule has 0 spiro atoms. The lowest BCUT2D eigenvalue weighted by Gasteiger charge is -2.15. The largest absolute Gasteiger partial charge is 0.246 e. The molecule has 4 aromatic heterocycles. The number of fused-ring (bicyclic) bond motifs is 6. The summed E-state index contributed by atoms with van der Waals surface area (Å²) in [6.45, 7) is 0. The summed E-state index contributed by atoms with van der Waals surface area (Å²) < 4.78 is 0. The molecule has 0 bridgehead atoms. The highest BCUT2D eigenvalue weighted by Gasteiger charge is 2.19. The maximum Gasteiger partial charge on any atom is 0.0978 e. The summed E-state index contributed by atoms with van der Waals surface area (Å²) in [6, 6.07) is 89.5. The van der Waals surface area contributed by atoms with Crippen molar-refractivity contribution in [1.29, 1.82) is 0 Å². The van der Waals surface area contributed by atoms with Crippen LogP contribution in [0, 0.1) is 0 Å². The van der Waals surface area contributed by atoms with Gasteiger partial charge in [-0.2, -0.15) is 0 Å². The van der Waals surface area contributed by atoms with Gasteiger partial charge in [-0.1, -0.05) is 243 Å². The average molecular weight is 943 g/mol. The number of hydrogen-bond acceptors (Lipinski definition) is 4. The second kappa shape index (κ2) is 19.4. The fraction of sp³-hybridized carbons (Fsp3) is 0. The van der Waals surface area contributed by atoms with Crippen LogP contribution in [0.1, 0.15) is 22.5 Å². The summed E-state index contributed by atoms with van der Waals surface area (Å²) in [5.74, 6) is 0. The van der Waals surface area contributed by atoms with Gasteiger partial charge in [0.25, 0.3) is 0 Å². The summed E-state index contributed by atoms with van der Waals surface area (Å²) >= 11 is 0. The van der Waals surface area contributed by atoms with Crippen LogP contribution in [0.15, 0.2) is 255 Å². The molecule has 13 aromatic rings. The second-order valence-electron chi connectivity index (χ2n) is 18.5. The summed E-state index contributed by atoms with van der Waals surface area (Å²) in [4.78, 5) is 21.9. The van der Waals surface area contributed by atoms with Crippen LogP contribution in [0.25, 0.3) is 135 Å². The molecule has 4 heterocycles. The molecule has 0 unspecified atom stereocenters. The van der Waals surface area contributed by atoms with Crippen molar-refractivity contribution >= 4 is 67.9 Å². The minimum atomic E-state index is 0.853. The van der Waals surface area contributed by atoms with E-state index >= 15 is 0 Å². The monoisotopic (exact) mass is 942 g/mol. The number of hydrogen-bond donors (Lipinski definition) is 0. The van der Waals surface area contributed by atoms with Crippen LogP contribution in [0.5, 0.6) is 0 Å². The van der Waals surface area contributed by atoms with Gasteiger partial charge in [0.15, 0.2) is 0 Å². The van der Waals surface area contributed by atoms with Gasteiger partial charge >= 0.3 is 0 Å². The zero-order valence-corrected chi connectivity index (χ0v) is 40.3. The van der Waals surface area contributed by atoms with Crippen molar-refractivity contribution in [3.05, 3.63) is 277 Å². The lowest BCUT2D eigenvalue weighted by Crippen LogP contribution is -1.96. The number of nitrogens with zero attached hydrogens (tertiary/aromatic N) is 4. The van der Waals surface area contributed by atoms with Crippen LogP contribution in [0.2, 0.25) is 0 Å². The molecular weight excluding hydrogens is 897 g/mol. The smallest absolute Gasteiger partial charge is 0.0978 e. The molecule has 0 saturated carbocycles. The number of pyridine rings is 4. The first-order chi connectivity index (χ1) is 36.7. The Morgan fingerprint density at radius 2 is 0.486 bits per heavy atom. The summed E-state index contributed by atoms with van der Waals surface area (Å²) in [7, 11) is 0. The second-order valence-corrected chi connectivity index (χ2v) is 18.5. The number of benzene rings is 9. The van der Waals surface area contributed by atoms with Gasteiger partial charge in [-0.05, 0) is 92.1 Å². The molecule has 9 aromatic carbocycles. The molecule has 13 rings (SSSR count). The topological polar surface area (TPSA) is 51.6 Å². The van der Waals surface area contributed by atoms with Crippen molar-refractivity contribution in [2.24, 2.45) is 0 Å². The SMILES string of the molecule is C(=Cc1cc(-c2ccccc2)c2ccc3c(-c4ccccc4)cc(-c4ccc(-c5cc(-c6ccccc6)c6ccc7c(-c8ccccc8)cc(C=Cc8ccccc8)nc7c6n5)cc4)nc3c2n1)c1ccccc1. The van der Waals surface area contributed by atoms with E-state index in [9.17, 15) is 0 Å². The molecule has 0 aliphatic heterocycles. The fourth-order valence-electron chi connectivity index (χ4n) is 10.2. The van der Waals surface area contributed by atoms with Crippen LogP contribution < -0.4 is 0 Å². The first-order valence-corrected chi connectivity index (χ1v) is 25.0. The Bertz CT molecular complexity index is 3960. The van der Waals surface area contributed by atoms with E-state index in [1.54, 1.807) is 0 Å². The Hall–Kier alpha value is -9.90. The number of rotatable bonds is 10. The summed E-state index contributed by atoms with van der Waals surface area (Å²) in [5.41, 5.74) is 20.0. The molecular formula is C70H46N4. The molecule has 0 fully saturated rings. The normalized spacial score (nSPS) is 11.7. The van der Waals surface area contributed by atoms with E-state index in [4.69, 9.17) is 19.9 Å². The third-order valence-corrected chi connectivity index (χ3v) is 13.9. The van der Waals surface area contributed by atoms with E-state index in [0.29, 0.717) is 0 Å². The molecule has 0 aliphatic rings. The Kier molecular flexibility index (Phi) is 11.5. The van der Waals surface area contributed by atoms with Crippen molar-refractivity contribution in [1.82, 2.24) is 19.9 Å². The van der Waals surface area contributed by atoms with E-state index in [0.717, 1.165) is 133 Å². The highest BCUT2D eigenvalue weighted by Crippen LogP contribution is 2.41. The maximum absolute atomic E-state index is 5.55. The minimum Gasteiger partial charge on any atom is -0.246 e. The van der Waals surface area contributed by atoms with Gasteiger partial charge in [-0.25, -0.2) is 19.9 Å². The number of aromatic nitrogens is 4. The van der Waals surface area contributed by atoms with E-state index < -0.39 is 0 Å². The van der Waals surface area contributed by atoms with Crippen molar-refractivity contribution < 1.29 is 0 Å².